The number of hydrogen-bond acceptors (Lipinski definition) is 1. The van der Waals surface area contributed by atoms with Gasteiger partial charge in [0.05, 0.1) is 0 Å². The second kappa shape index (κ2) is 4.33. The molecule has 0 spiro atoms. The second-order valence-corrected chi connectivity index (χ2v) is 5.56. The fraction of sp³-hybridized carbons (Fsp3) is 0.455. The Bertz CT molecular complexity index is 314. The average Bonchev–Trinajstić information content (AvgIpc) is 2.00. The molecule has 2 N–H and O–H groups in total. The third kappa shape index (κ3) is 1.90. The van der Waals surface area contributed by atoms with Gasteiger partial charge >= 0.3 is 0 Å². The van der Waals surface area contributed by atoms with Crippen molar-refractivity contribution in [1.82, 2.24) is 0 Å². The van der Waals surface area contributed by atoms with Crippen molar-refractivity contribution in [3.8, 4) is 0 Å². The average molecular weight is 319 g/mol. The van der Waals surface area contributed by atoms with Gasteiger partial charge in [-0.15, -0.1) is 0 Å². The predicted molar refractivity (Wildman–Crippen MR) is 66.1 cm³/mol. The highest BCUT2D eigenvalue weighted by atomic mass is 79.9. The van der Waals surface area contributed by atoms with Crippen LogP contribution < -0.4 is 5.73 Å². The van der Waals surface area contributed by atoms with E-state index in [1.807, 2.05) is 6.07 Å². The lowest BCUT2D eigenvalue weighted by Crippen LogP contribution is -2.27. The first-order chi connectivity index (χ1) is 6.70. The Balaban J connectivity index is 2.29. The van der Waals surface area contributed by atoms with Crippen LogP contribution in [0.2, 0.25) is 0 Å². The Hall–Kier alpha value is 0.140. The molecular weight excluding hydrogens is 306 g/mol. The van der Waals surface area contributed by atoms with Crippen molar-refractivity contribution in [3.05, 3.63) is 32.7 Å². The van der Waals surface area contributed by atoms with Gasteiger partial charge in [0.15, 0.2) is 0 Å². The molecule has 1 aromatic carbocycles. The minimum Gasteiger partial charge on any atom is -0.324 e. The number of hydrogen-bond donors (Lipinski definition) is 1. The van der Waals surface area contributed by atoms with E-state index < -0.39 is 0 Å². The summed E-state index contributed by atoms with van der Waals surface area (Å²) in [4.78, 5) is 0. The molecule has 0 amide bonds. The van der Waals surface area contributed by atoms with Crippen LogP contribution in [0.3, 0.4) is 0 Å². The van der Waals surface area contributed by atoms with E-state index >= 15 is 0 Å². The summed E-state index contributed by atoms with van der Waals surface area (Å²) in [6.07, 6.45) is 3.88. The molecule has 0 saturated heterocycles. The fourth-order valence-corrected chi connectivity index (χ4v) is 3.39. The van der Waals surface area contributed by atoms with Gasteiger partial charge in [0.25, 0.3) is 0 Å². The molecule has 1 nitrogen and oxygen atoms in total. The summed E-state index contributed by atoms with van der Waals surface area (Å²) in [7, 11) is 0. The van der Waals surface area contributed by atoms with E-state index in [4.69, 9.17) is 5.73 Å². The van der Waals surface area contributed by atoms with Gasteiger partial charge in [-0.05, 0) is 36.5 Å². The van der Waals surface area contributed by atoms with Gasteiger partial charge in [-0.2, -0.15) is 0 Å². The first-order valence-electron chi connectivity index (χ1n) is 4.89. The maximum atomic E-state index is 6.24. The van der Waals surface area contributed by atoms with Crippen molar-refractivity contribution in [2.75, 3.05) is 0 Å². The summed E-state index contributed by atoms with van der Waals surface area (Å²) in [6.45, 7) is 0. The van der Waals surface area contributed by atoms with E-state index in [1.165, 1.54) is 24.8 Å². The highest BCUT2D eigenvalue weighted by Crippen LogP contribution is 2.40. The maximum absolute atomic E-state index is 6.24. The molecule has 0 aliphatic heterocycles. The van der Waals surface area contributed by atoms with Crippen molar-refractivity contribution in [3.63, 3.8) is 0 Å². The van der Waals surface area contributed by atoms with Gasteiger partial charge in [-0.3, -0.25) is 0 Å². The van der Waals surface area contributed by atoms with Crippen molar-refractivity contribution < 1.29 is 0 Å². The normalized spacial score (nSPS) is 19.1. The zero-order valence-electron chi connectivity index (χ0n) is 7.84. The Kier molecular flexibility index (Phi) is 3.30. The highest BCUT2D eigenvalue weighted by molar-refractivity contribution is 9.11. The van der Waals surface area contributed by atoms with Crippen molar-refractivity contribution >= 4 is 31.9 Å². The van der Waals surface area contributed by atoms with Crippen LogP contribution in [0.15, 0.2) is 27.1 Å². The third-order valence-corrected chi connectivity index (χ3v) is 4.37. The Labute approximate surface area is 101 Å². The summed E-state index contributed by atoms with van der Waals surface area (Å²) in [5, 5.41) is 0. The SMILES string of the molecule is N[C@@H](c1c(Br)cccc1Br)C1CCC1. The molecule has 1 atom stereocenters. The molecule has 1 fully saturated rings. The Morgan fingerprint density at radius 3 is 2.21 bits per heavy atom. The lowest BCUT2D eigenvalue weighted by atomic mass is 9.77. The standard InChI is InChI=1S/C11H13Br2N/c12-8-5-2-6-9(13)10(8)11(14)7-3-1-4-7/h2,5-7,11H,1,3-4,14H2/t11-/m1/s1. The van der Waals surface area contributed by atoms with E-state index in [1.54, 1.807) is 0 Å². The molecule has 0 bridgehead atoms. The number of nitrogens with two attached hydrogens (primary N) is 1. The van der Waals surface area contributed by atoms with Crippen LogP contribution in [0.5, 0.6) is 0 Å². The summed E-state index contributed by atoms with van der Waals surface area (Å²) >= 11 is 7.12. The molecule has 76 valence electrons. The van der Waals surface area contributed by atoms with E-state index in [9.17, 15) is 0 Å². The zero-order chi connectivity index (χ0) is 10.1. The molecule has 1 aromatic rings. The molecule has 0 aromatic heterocycles. The molecule has 0 heterocycles. The largest absolute Gasteiger partial charge is 0.324 e. The predicted octanol–water partition coefficient (Wildman–Crippen LogP) is 4.01. The molecule has 3 heteroatoms. The fourth-order valence-electron chi connectivity index (χ4n) is 1.86. The molecular formula is C11H13Br2N. The smallest absolute Gasteiger partial charge is 0.0346 e. The summed E-state index contributed by atoms with van der Waals surface area (Å²) in [5.41, 5.74) is 7.46. The number of halogens is 2. The van der Waals surface area contributed by atoms with Crippen molar-refractivity contribution in [1.29, 1.82) is 0 Å². The summed E-state index contributed by atoms with van der Waals surface area (Å²) < 4.78 is 2.23. The van der Waals surface area contributed by atoms with Gasteiger partial charge < -0.3 is 5.73 Å². The van der Waals surface area contributed by atoms with Crippen LogP contribution in [0.4, 0.5) is 0 Å². The van der Waals surface area contributed by atoms with E-state index in [-0.39, 0.29) is 6.04 Å². The molecule has 1 saturated carbocycles. The monoisotopic (exact) mass is 317 g/mol. The molecule has 0 unspecified atom stereocenters. The quantitative estimate of drug-likeness (QED) is 0.876. The van der Waals surface area contributed by atoms with Crippen LogP contribution in [-0.2, 0) is 0 Å². The van der Waals surface area contributed by atoms with Crippen LogP contribution in [0.25, 0.3) is 0 Å². The van der Waals surface area contributed by atoms with Crippen LogP contribution in [0.1, 0.15) is 30.9 Å². The van der Waals surface area contributed by atoms with Gasteiger partial charge in [0.1, 0.15) is 0 Å². The van der Waals surface area contributed by atoms with Crippen LogP contribution in [0, 0.1) is 5.92 Å². The van der Waals surface area contributed by atoms with Crippen molar-refractivity contribution in [2.24, 2.45) is 11.7 Å². The summed E-state index contributed by atoms with van der Waals surface area (Å²) in [6, 6.07) is 6.30. The van der Waals surface area contributed by atoms with Gasteiger partial charge in [-0.25, -0.2) is 0 Å². The second-order valence-electron chi connectivity index (χ2n) is 3.85. The van der Waals surface area contributed by atoms with Gasteiger partial charge in [-0.1, -0.05) is 44.3 Å². The lowest BCUT2D eigenvalue weighted by Gasteiger charge is -2.32. The maximum Gasteiger partial charge on any atom is 0.0346 e. The minimum absolute atomic E-state index is 0.175. The van der Waals surface area contributed by atoms with Gasteiger partial charge in [0, 0.05) is 15.0 Å². The third-order valence-electron chi connectivity index (χ3n) is 2.99. The van der Waals surface area contributed by atoms with Gasteiger partial charge in [0.2, 0.25) is 0 Å². The topological polar surface area (TPSA) is 26.0 Å². The lowest BCUT2D eigenvalue weighted by molar-refractivity contribution is 0.263. The molecule has 2 rings (SSSR count). The van der Waals surface area contributed by atoms with Crippen molar-refractivity contribution in [2.45, 2.75) is 25.3 Å². The first kappa shape index (κ1) is 10.7. The van der Waals surface area contributed by atoms with E-state index in [0.29, 0.717) is 5.92 Å². The molecule has 1 aliphatic rings. The molecule has 1 aliphatic carbocycles. The van der Waals surface area contributed by atoms with Crippen LogP contribution in [-0.4, -0.2) is 0 Å². The number of rotatable bonds is 2. The van der Waals surface area contributed by atoms with E-state index in [2.05, 4.69) is 44.0 Å². The highest BCUT2D eigenvalue weighted by Gasteiger charge is 2.27. The minimum atomic E-state index is 0.175. The Morgan fingerprint density at radius 2 is 1.79 bits per heavy atom. The Morgan fingerprint density at radius 1 is 1.21 bits per heavy atom. The zero-order valence-corrected chi connectivity index (χ0v) is 11.0. The summed E-state index contributed by atoms with van der Waals surface area (Å²) in [5.74, 6) is 0.671. The van der Waals surface area contributed by atoms with E-state index in [0.717, 1.165) is 8.95 Å². The molecule has 14 heavy (non-hydrogen) atoms. The number of benzene rings is 1. The van der Waals surface area contributed by atoms with Crippen LogP contribution >= 0.6 is 31.9 Å². The first-order valence-corrected chi connectivity index (χ1v) is 6.48. The molecule has 0 radical (unpaired) electrons.